The van der Waals surface area contributed by atoms with Crippen LogP contribution in [0.25, 0.3) is 0 Å². The van der Waals surface area contributed by atoms with E-state index in [1.54, 1.807) is 30.5 Å². The third-order valence-electron chi connectivity index (χ3n) is 4.25. The number of amides is 1. The van der Waals surface area contributed by atoms with Crippen LogP contribution in [0.15, 0.2) is 41.0 Å². The van der Waals surface area contributed by atoms with E-state index < -0.39 is 0 Å². The molecular formula is C19H21NO4. The van der Waals surface area contributed by atoms with E-state index in [1.165, 1.54) is 0 Å². The van der Waals surface area contributed by atoms with E-state index in [1.807, 2.05) is 13.0 Å². The molecule has 1 aromatic heterocycles. The number of hydrogen-bond donors (Lipinski definition) is 1. The number of aryl methyl sites for hydroxylation is 1. The van der Waals surface area contributed by atoms with E-state index in [0.29, 0.717) is 17.7 Å². The van der Waals surface area contributed by atoms with Crippen LogP contribution in [-0.2, 0) is 11.2 Å². The zero-order valence-corrected chi connectivity index (χ0v) is 13.7. The average Bonchev–Trinajstić information content (AvgIpc) is 3.09. The Morgan fingerprint density at radius 3 is 2.79 bits per heavy atom. The number of carbonyl (C=O) groups is 2. The van der Waals surface area contributed by atoms with Gasteiger partial charge in [0, 0.05) is 24.0 Å². The maximum Gasteiger partial charge on any atom is 0.258 e. The van der Waals surface area contributed by atoms with Crippen LogP contribution in [0.4, 0.5) is 0 Å². The Hall–Kier alpha value is -2.56. The van der Waals surface area contributed by atoms with Crippen LogP contribution >= 0.6 is 0 Å². The number of furan rings is 1. The molecule has 1 atom stereocenters. The van der Waals surface area contributed by atoms with Gasteiger partial charge in [-0.15, -0.1) is 0 Å². The SMILES string of the molecule is CCC(=O)c1ccc(OCC(=O)NC2CCCc3occc32)cc1. The number of carbonyl (C=O) groups excluding carboxylic acids is 2. The summed E-state index contributed by atoms with van der Waals surface area (Å²) in [5, 5.41) is 2.99. The van der Waals surface area contributed by atoms with Gasteiger partial charge in [0.05, 0.1) is 12.3 Å². The van der Waals surface area contributed by atoms with Crippen molar-refractivity contribution in [3.05, 3.63) is 53.5 Å². The van der Waals surface area contributed by atoms with Crippen molar-refractivity contribution in [1.82, 2.24) is 5.32 Å². The van der Waals surface area contributed by atoms with E-state index >= 15 is 0 Å². The van der Waals surface area contributed by atoms with Crippen molar-refractivity contribution in [3.8, 4) is 5.75 Å². The smallest absolute Gasteiger partial charge is 0.258 e. The molecule has 0 saturated carbocycles. The van der Waals surface area contributed by atoms with Crippen LogP contribution in [-0.4, -0.2) is 18.3 Å². The Morgan fingerprint density at radius 2 is 2.04 bits per heavy atom. The van der Waals surface area contributed by atoms with Gasteiger partial charge in [0.2, 0.25) is 0 Å². The zero-order chi connectivity index (χ0) is 16.9. The molecule has 1 aromatic carbocycles. The molecule has 0 aliphatic heterocycles. The lowest BCUT2D eigenvalue weighted by Crippen LogP contribution is -2.34. The predicted molar refractivity (Wildman–Crippen MR) is 89.1 cm³/mol. The molecule has 1 amide bonds. The van der Waals surface area contributed by atoms with Crippen LogP contribution in [0.1, 0.15) is 53.9 Å². The van der Waals surface area contributed by atoms with E-state index in [9.17, 15) is 9.59 Å². The molecule has 0 radical (unpaired) electrons. The van der Waals surface area contributed by atoms with Gasteiger partial charge in [-0.2, -0.15) is 0 Å². The molecule has 1 aliphatic carbocycles. The summed E-state index contributed by atoms with van der Waals surface area (Å²) in [6, 6.07) is 8.78. The topological polar surface area (TPSA) is 68.5 Å². The van der Waals surface area contributed by atoms with Crippen LogP contribution in [0.2, 0.25) is 0 Å². The van der Waals surface area contributed by atoms with Gasteiger partial charge in [-0.25, -0.2) is 0 Å². The maximum absolute atomic E-state index is 12.1. The maximum atomic E-state index is 12.1. The minimum Gasteiger partial charge on any atom is -0.484 e. The number of nitrogens with one attached hydrogen (secondary N) is 1. The molecule has 1 heterocycles. The minimum absolute atomic E-state index is 0.00634. The standard InChI is InChI=1S/C19H21NO4/c1-2-17(21)13-6-8-14(9-7-13)24-12-19(22)20-16-4-3-5-18-15(16)10-11-23-18/h6-11,16H,2-5,12H2,1H3,(H,20,22). The van der Waals surface area contributed by atoms with E-state index in [-0.39, 0.29) is 24.3 Å². The van der Waals surface area contributed by atoms with Crippen molar-refractivity contribution in [1.29, 1.82) is 0 Å². The number of benzene rings is 1. The number of Topliss-reactive ketones (excluding diaryl/α,β-unsaturated/α-hetero) is 1. The highest BCUT2D eigenvalue weighted by Crippen LogP contribution is 2.30. The fourth-order valence-corrected chi connectivity index (χ4v) is 2.96. The zero-order valence-electron chi connectivity index (χ0n) is 13.7. The Balaban J connectivity index is 1.52. The van der Waals surface area contributed by atoms with Gasteiger partial charge in [0.15, 0.2) is 12.4 Å². The Bertz CT molecular complexity index is 717. The summed E-state index contributed by atoms with van der Waals surface area (Å²) in [5.74, 6) is 1.46. The van der Waals surface area contributed by atoms with Crippen LogP contribution in [0, 0.1) is 0 Å². The molecule has 3 rings (SSSR count). The lowest BCUT2D eigenvalue weighted by atomic mass is 9.93. The summed E-state index contributed by atoms with van der Waals surface area (Å²) in [6.07, 6.45) is 4.98. The molecule has 126 valence electrons. The van der Waals surface area contributed by atoms with Gasteiger partial charge in [-0.3, -0.25) is 9.59 Å². The minimum atomic E-state index is -0.164. The summed E-state index contributed by atoms with van der Waals surface area (Å²) in [6.45, 7) is 1.78. The largest absolute Gasteiger partial charge is 0.484 e. The first-order chi connectivity index (χ1) is 11.7. The van der Waals surface area contributed by atoms with Crippen molar-refractivity contribution in [2.24, 2.45) is 0 Å². The molecule has 2 aromatic rings. The molecule has 0 spiro atoms. The highest BCUT2D eigenvalue weighted by Gasteiger charge is 2.24. The van der Waals surface area contributed by atoms with E-state index in [0.717, 1.165) is 30.6 Å². The molecule has 1 N–H and O–H groups in total. The summed E-state index contributed by atoms with van der Waals surface area (Å²) in [7, 11) is 0. The Kier molecular flexibility index (Phi) is 4.99. The van der Waals surface area contributed by atoms with Gasteiger partial charge in [0.1, 0.15) is 11.5 Å². The van der Waals surface area contributed by atoms with Crippen molar-refractivity contribution in [2.45, 2.75) is 38.6 Å². The van der Waals surface area contributed by atoms with Crippen molar-refractivity contribution >= 4 is 11.7 Å². The van der Waals surface area contributed by atoms with Crippen LogP contribution in [0.3, 0.4) is 0 Å². The third kappa shape index (κ3) is 3.67. The fraction of sp³-hybridized carbons (Fsp3) is 0.368. The molecule has 0 fully saturated rings. The molecule has 0 bridgehead atoms. The monoisotopic (exact) mass is 327 g/mol. The quantitative estimate of drug-likeness (QED) is 0.825. The second-order valence-corrected chi connectivity index (χ2v) is 5.90. The number of rotatable bonds is 6. The lowest BCUT2D eigenvalue weighted by molar-refractivity contribution is -0.124. The molecule has 0 saturated heterocycles. The van der Waals surface area contributed by atoms with Gasteiger partial charge in [-0.1, -0.05) is 6.92 Å². The van der Waals surface area contributed by atoms with Gasteiger partial charge >= 0.3 is 0 Å². The van der Waals surface area contributed by atoms with E-state index in [2.05, 4.69) is 5.32 Å². The lowest BCUT2D eigenvalue weighted by Gasteiger charge is -2.22. The first kappa shape index (κ1) is 16.3. The summed E-state index contributed by atoms with van der Waals surface area (Å²) in [4.78, 5) is 23.7. The molecule has 5 heteroatoms. The van der Waals surface area contributed by atoms with Crippen molar-refractivity contribution < 1.29 is 18.7 Å². The summed E-state index contributed by atoms with van der Waals surface area (Å²) < 4.78 is 10.9. The van der Waals surface area contributed by atoms with Crippen LogP contribution in [0.5, 0.6) is 5.75 Å². The van der Waals surface area contributed by atoms with Crippen molar-refractivity contribution in [2.75, 3.05) is 6.61 Å². The summed E-state index contributed by atoms with van der Waals surface area (Å²) >= 11 is 0. The third-order valence-corrected chi connectivity index (χ3v) is 4.25. The second-order valence-electron chi connectivity index (χ2n) is 5.90. The van der Waals surface area contributed by atoms with Crippen LogP contribution < -0.4 is 10.1 Å². The van der Waals surface area contributed by atoms with Gasteiger partial charge in [-0.05, 0) is 43.2 Å². The Labute approximate surface area is 141 Å². The van der Waals surface area contributed by atoms with E-state index in [4.69, 9.17) is 9.15 Å². The number of ether oxygens (including phenoxy) is 1. The molecule has 1 unspecified atom stereocenters. The molecule has 5 nitrogen and oxygen atoms in total. The number of hydrogen-bond acceptors (Lipinski definition) is 4. The number of ketones is 1. The van der Waals surface area contributed by atoms with Gasteiger partial charge < -0.3 is 14.5 Å². The predicted octanol–water partition coefficient (Wildman–Crippen LogP) is 3.44. The first-order valence-corrected chi connectivity index (χ1v) is 8.29. The molecule has 1 aliphatic rings. The van der Waals surface area contributed by atoms with Crippen molar-refractivity contribution in [3.63, 3.8) is 0 Å². The second kappa shape index (κ2) is 7.34. The van der Waals surface area contributed by atoms with Gasteiger partial charge in [0.25, 0.3) is 5.91 Å². The highest BCUT2D eigenvalue weighted by molar-refractivity contribution is 5.95. The number of fused-ring (bicyclic) bond motifs is 1. The summed E-state index contributed by atoms with van der Waals surface area (Å²) in [5.41, 5.74) is 1.72. The molecular weight excluding hydrogens is 306 g/mol. The normalized spacial score (nSPS) is 16.3. The fourth-order valence-electron chi connectivity index (χ4n) is 2.96. The molecule has 24 heavy (non-hydrogen) atoms. The first-order valence-electron chi connectivity index (χ1n) is 8.29. The Morgan fingerprint density at radius 1 is 1.25 bits per heavy atom. The highest BCUT2D eigenvalue weighted by atomic mass is 16.5. The average molecular weight is 327 g/mol.